The van der Waals surface area contributed by atoms with Crippen molar-refractivity contribution >= 4 is 12.6 Å². The molecule has 0 saturated heterocycles. The Morgan fingerprint density at radius 2 is 2.29 bits per heavy atom. The number of rotatable bonds is 1. The standard InChI is InChI=1S/C4H6F2S/c5-3-1-4(3,6)2-7/h3,7H,1-2H2. The predicted molar refractivity (Wildman–Crippen MR) is 27.2 cm³/mol. The monoisotopic (exact) mass is 124 g/mol. The van der Waals surface area contributed by atoms with E-state index in [1.165, 1.54) is 0 Å². The second kappa shape index (κ2) is 1.34. The molecule has 0 amide bonds. The van der Waals surface area contributed by atoms with Crippen LogP contribution in [-0.2, 0) is 0 Å². The van der Waals surface area contributed by atoms with E-state index < -0.39 is 11.8 Å². The fourth-order valence-electron chi connectivity index (χ4n) is 0.403. The van der Waals surface area contributed by atoms with Crippen LogP contribution in [0, 0.1) is 0 Å². The van der Waals surface area contributed by atoms with Gasteiger partial charge in [-0.25, -0.2) is 8.78 Å². The van der Waals surface area contributed by atoms with Crippen LogP contribution in [0.4, 0.5) is 8.78 Å². The molecule has 3 heteroatoms. The quantitative estimate of drug-likeness (QED) is 0.501. The lowest BCUT2D eigenvalue weighted by atomic mass is 10.4. The third-order valence-corrected chi connectivity index (χ3v) is 1.71. The van der Waals surface area contributed by atoms with Gasteiger partial charge in [0.05, 0.1) is 0 Å². The van der Waals surface area contributed by atoms with Crippen LogP contribution < -0.4 is 0 Å². The Hall–Kier alpha value is 0.210. The molecule has 0 aliphatic heterocycles. The molecule has 0 aromatic heterocycles. The molecule has 1 aliphatic rings. The molecule has 42 valence electrons. The first kappa shape index (κ1) is 5.35. The minimum Gasteiger partial charge on any atom is -0.244 e. The summed E-state index contributed by atoms with van der Waals surface area (Å²) in [5, 5.41) is 0. The van der Waals surface area contributed by atoms with Crippen LogP contribution in [0.5, 0.6) is 0 Å². The van der Waals surface area contributed by atoms with Crippen molar-refractivity contribution in [1.29, 1.82) is 0 Å². The lowest BCUT2D eigenvalue weighted by molar-refractivity contribution is 0.276. The number of hydrogen-bond acceptors (Lipinski definition) is 1. The molecule has 0 aromatic carbocycles. The van der Waals surface area contributed by atoms with Crippen molar-refractivity contribution in [2.75, 3.05) is 5.75 Å². The molecule has 0 radical (unpaired) electrons. The average Bonchev–Trinajstić information content (AvgIpc) is 2.18. The Kier molecular flexibility index (Phi) is 1.02. The second-order valence-corrected chi connectivity index (χ2v) is 2.18. The molecule has 0 N–H and O–H groups in total. The minimum absolute atomic E-state index is 0.0220. The SMILES string of the molecule is FC1CC1(F)CS. The molecule has 0 nitrogen and oxygen atoms in total. The van der Waals surface area contributed by atoms with Crippen molar-refractivity contribution in [2.45, 2.75) is 18.3 Å². The van der Waals surface area contributed by atoms with Crippen LogP contribution in [0.2, 0.25) is 0 Å². The Bertz CT molecular complexity index is 81.8. The van der Waals surface area contributed by atoms with Crippen LogP contribution >= 0.6 is 12.6 Å². The summed E-state index contributed by atoms with van der Waals surface area (Å²) in [7, 11) is 0. The van der Waals surface area contributed by atoms with E-state index in [4.69, 9.17) is 0 Å². The van der Waals surface area contributed by atoms with Gasteiger partial charge >= 0.3 is 0 Å². The van der Waals surface area contributed by atoms with Gasteiger partial charge in [-0.15, -0.1) is 0 Å². The first-order valence-corrected chi connectivity index (χ1v) is 2.76. The highest BCUT2D eigenvalue weighted by atomic mass is 32.1. The van der Waals surface area contributed by atoms with E-state index in [0.29, 0.717) is 0 Å². The summed E-state index contributed by atoms with van der Waals surface area (Å²) < 4.78 is 23.9. The van der Waals surface area contributed by atoms with E-state index in [0.717, 1.165) is 0 Å². The van der Waals surface area contributed by atoms with Crippen LogP contribution in [-0.4, -0.2) is 17.6 Å². The summed E-state index contributed by atoms with van der Waals surface area (Å²) >= 11 is 3.61. The van der Waals surface area contributed by atoms with Crippen molar-refractivity contribution in [3.8, 4) is 0 Å². The summed E-state index contributed by atoms with van der Waals surface area (Å²) in [5.41, 5.74) is -1.55. The fraction of sp³-hybridized carbons (Fsp3) is 1.00. The maximum absolute atomic E-state index is 12.2. The lowest BCUT2D eigenvalue weighted by Gasteiger charge is -1.92. The van der Waals surface area contributed by atoms with Crippen LogP contribution in [0.3, 0.4) is 0 Å². The zero-order valence-corrected chi connectivity index (χ0v) is 4.59. The number of alkyl halides is 2. The highest BCUT2D eigenvalue weighted by Crippen LogP contribution is 2.43. The lowest BCUT2D eigenvalue weighted by Crippen LogP contribution is -2.05. The van der Waals surface area contributed by atoms with Gasteiger partial charge < -0.3 is 0 Å². The first-order chi connectivity index (χ1) is 3.19. The summed E-state index contributed by atoms with van der Waals surface area (Å²) in [6.07, 6.45) is -1.18. The Morgan fingerprint density at radius 1 is 1.86 bits per heavy atom. The average molecular weight is 124 g/mol. The van der Waals surface area contributed by atoms with E-state index >= 15 is 0 Å². The highest BCUT2D eigenvalue weighted by molar-refractivity contribution is 7.80. The summed E-state index contributed by atoms with van der Waals surface area (Å²) in [6.45, 7) is 0. The summed E-state index contributed by atoms with van der Waals surface area (Å²) in [5.74, 6) is 0.0220. The summed E-state index contributed by atoms with van der Waals surface area (Å²) in [6, 6.07) is 0. The Balaban J connectivity index is 2.36. The molecule has 1 aliphatic carbocycles. The van der Waals surface area contributed by atoms with E-state index in [1.807, 2.05) is 0 Å². The molecule has 2 unspecified atom stereocenters. The molecular weight excluding hydrogens is 118 g/mol. The maximum Gasteiger partial charge on any atom is 0.153 e. The van der Waals surface area contributed by atoms with Gasteiger partial charge in [0, 0.05) is 12.2 Å². The molecule has 1 rings (SSSR count). The Labute approximate surface area is 46.3 Å². The van der Waals surface area contributed by atoms with Gasteiger partial charge in [-0.3, -0.25) is 0 Å². The van der Waals surface area contributed by atoms with Crippen molar-refractivity contribution in [3.05, 3.63) is 0 Å². The largest absolute Gasteiger partial charge is 0.244 e. The molecule has 2 atom stereocenters. The van der Waals surface area contributed by atoms with Gasteiger partial charge in [0.1, 0.15) is 6.17 Å². The first-order valence-electron chi connectivity index (χ1n) is 2.13. The van der Waals surface area contributed by atoms with Gasteiger partial charge in [-0.05, 0) is 0 Å². The minimum atomic E-state index is -1.55. The topological polar surface area (TPSA) is 0 Å². The fourth-order valence-corrected chi connectivity index (χ4v) is 0.730. The molecule has 1 fully saturated rings. The van der Waals surface area contributed by atoms with E-state index in [-0.39, 0.29) is 12.2 Å². The third-order valence-electron chi connectivity index (χ3n) is 1.18. The van der Waals surface area contributed by atoms with Gasteiger partial charge in [-0.2, -0.15) is 12.6 Å². The second-order valence-electron chi connectivity index (χ2n) is 1.86. The van der Waals surface area contributed by atoms with E-state index in [2.05, 4.69) is 12.6 Å². The molecule has 0 spiro atoms. The van der Waals surface area contributed by atoms with E-state index in [9.17, 15) is 8.78 Å². The molecule has 0 bridgehead atoms. The number of hydrogen-bond donors (Lipinski definition) is 1. The zero-order chi connectivity index (χ0) is 5.49. The highest BCUT2D eigenvalue weighted by Gasteiger charge is 2.55. The molecular formula is C4H6F2S. The Morgan fingerprint density at radius 3 is 2.29 bits per heavy atom. The van der Waals surface area contributed by atoms with Gasteiger partial charge in [0.25, 0.3) is 0 Å². The molecule has 1 saturated carbocycles. The van der Waals surface area contributed by atoms with Crippen molar-refractivity contribution in [3.63, 3.8) is 0 Å². The van der Waals surface area contributed by atoms with Gasteiger partial charge in [0.2, 0.25) is 0 Å². The predicted octanol–water partition coefficient (Wildman–Crippen LogP) is 1.37. The van der Waals surface area contributed by atoms with E-state index in [1.54, 1.807) is 0 Å². The van der Waals surface area contributed by atoms with Crippen LogP contribution in [0.25, 0.3) is 0 Å². The zero-order valence-electron chi connectivity index (χ0n) is 3.69. The molecule has 0 aromatic rings. The molecule has 0 heterocycles. The van der Waals surface area contributed by atoms with Gasteiger partial charge in [0.15, 0.2) is 5.67 Å². The van der Waals surface area contributed by atoms with Crippen LogP contribution in [0.1, 0.15) is 6.42 Å². The maximum atomic E-state index is 12.2. The van der Waals surface area contributed by atoms with Crippen LogP contribution in [0.15, 0.2) is 0 Å². The smallest absolute Gasteiger partial charge is 0.153 e. The van der Waals surface area contributed by atoms with Gasteiger partial charge in [-0.1, -0.05) is 0 Å². The number of thiol groups is 1. The van der Waals surface area contributed by atoms with Crippen molar-refractivity contribution < 1.29 is 8.78 Å². The third kappa shape index (κ3) is 0.738. The normalized spacial score (nSPS) is 49.3. The van der Waals surface area contributed by atoms with Crippen molar-refractivity contribution in [2.24, 2.45) is 0 Å². The number of halogens is 2. The molecule has 7 heavy (non-hydrogen) atoms. The van der Waals surface area contributed by atoms with Crippen molar-refractivity contribution in [1.82, 2.24) is 0 Å². The summed E-state index contributed by atoms with van der Waals surface area (Å²) in [4.78, 5) is 0.